The number of amides is 1. The van der Waals surface area contributed by atoms with Crippen molar-refractivity contribution in [3.8, 4) is 0 Å². The molecular formula is C18H25ClN2O3S. The van der Waals surface area contributed by atoms with Crippen LogP contribution in [0.4, 0.5) is 5.69 Å². The molecule has 138 valence electrons. The number of anilines is 1. The van der Waals surface area contributed by atoms with Crippen molar-refractivity contribution in [1.82, 2.24) is 5.32 Å². The fraction of sp³-hybridized carbons (Fsp3) is 0.611. The van der Waals surface area contributed by atoms with Crippen molar-refractivity contribution < 1.29 is 13.2 Å². The van der Waals surface area contributed by atoms with E-state index in [1.165, 1.54) is 17.1 Å². The summed E-state index contributed by atoms with van der Waals surface area (Å²) in [5, 5.41) is 3.56. The molecule has 1 amide bonds. The van der Waals surface area contributed by atoms with Crippen LogP contribution < -0.4 is 9.62 Å². The van der Waals surface area contributed by atoms with Gasteiger partial charge in [-0.1, -0.05) is 31.0 Å². The number of hydrogen-bond donors (Lipinski definition) is 1. The lowest BCUT2D eigenvalue weighted by Crippen LogP contribution is -2.52. The Bertz CT molecular complexity index is 752. The Morgan fingerprint density at radius 1 is 1.36 bits per heavy atom. The van der Waals surface area contributed by atoms with Gasteiger partial charge in [0.25, 0.3) is 0 Å². The van der Waals surface area contributed by atoms with Crippen molar-refractivity contribution in [2.24, 2.45) is 11.8 Å². The van der Waals surface area contributed by atoms with E-state index in [1.54, 1.807) is 24.3 Å². The molecule has 0 aromatic heterocycles. The van der Waals surface area contributed by atoms with Crippen LogP contribution in [0.15, 0.2) is 24.3 Å². The summed E-state index contributed by atoms with van der Waals surface area (Å²) in [7, 11) is -3.62. The molecule has 0 saturated heterocycles. The minimum absolute atomic E-state index is 0.182. The van der Waals surface area contributed by atoms with E-state index < -0.39 is 16.1 Å². The van der Waals surface area contributed by atoms with Gasteiger partial charge in [0.2, 0.25) is 15.9 Å². The first-order valence-electron chi connectivity index (χ1n) is 8.85. The lowest BCUT2D eigenvalue weighted by atomic mass is 9.95. The van der Waals surface area contributed by atoms with Gasteiger partial charge in [0.15, 0.2) is 0 Å². The third kappa shape index (κ3) is 3.95. The fourth-order valence-electron chi connectivity index (χ4n) is 4.37. The summed E-state index contributed by atoms with van der Waals surface area (Å²) < 4.78 is 26.0. The highest BCUT2D eigenvalue weighted by Gasteiger charge is 2.41. The van der Waals surface area contributed by atoms with Gasteiger partial charge in [-0.2, -0.15) is 0 Å². The molecule has 0 spiro atoms. The summed E-state index contributed by atoms with van der Waals surface area (Å²) >= 11 is 6.02. The van der Waals surface area contributed by atoms with Gasteiger partial charge in [-0.3, -0.25) is 9.10 Å². The highest BCUT2D eigenvalue weighted by Crippen LogP contribution is 2.44. The Morgan fingerprint density at radius 2 is 2.12 bits per heavy atom. The predicted molar refractivity (Wildman–Crippen MR) is 100 cm³/mol. The van der Waals surface area contributed by atoms with Crippen molar-refractivity contribution in [3.05, 3.63) is 29.3 Å². The summed E-state index contributed by atoms with van der Waals surface area (Å²) in [5.74, 6) is 1.05. The lowest BCUT2D eigenvalue weighted by molar-refractivity contribution is -0.123. The molecule has 5 nitrogen and oxygen atoms in total. The van der Waals surface area contributed by atoms with Gasteiger partial charge in [0.1, 0.15) is 6.04 Å². The van der Waals surface area contributed by atoms with E-state index in [1.807, 2.05) is 6.92 Å². The smallest absolute Gasteiger partial charge is 0.244 e. The molecule has 0 heterocycles. The monoisotopic (exact) mass is 384 g/mol. The molecule has 4 atom stereocenters. The Balaban J connectivity index is 1.83. The number of benzene rings is 1. The molecule has 2 bridgehead atoms. The van der Waals surface area contributed by atoms with Crippen molar-refractivity contribution in [1.29, 1.82) is 0 Å². The molecule has 2 saturated carbocycles. The number of sulfonamides is 1. The van der Waals surface area contributed by atoms with E-state index >= 15 is 0 Å². The number of nitrogens with zero attached hydrogens (tertiary/aromatic N) is 1. The molecule has 2 aliphatic rings. The Labute approximate surface area is 154 Å². The first kappa shape index (κ1) is 18.5. The normalized spacial score (nSPS) is 26.4. The molecule has 1 aromatic rings. The number of fused-ring (bicyclic) bond motifs is 2. The molecule has 7 heteroatoms. The van der Waals surface area contributed by atoms with E-state index in [9.17, 15) is 13.2 Å². The Kier molecular flexibility index (Phi) is 5.30. The molecule has 0 radical (unpaired) electrons. The SMILES string of the molecule is CC[C@H](C(=O)N[C@@H]1C[C@H]2CC[C@H]1C2)N(c1cccc(Cl)c1)S(C)(=O)=O. The second-order valence-corrected chi connectivity index (χ2v) is 9.55. The molecule has 2 aliphatic carbocycles. The number of nitrogens with one attached hydrogen (secondary N) is 1. The van der Waals surface area contributed by atoms with E-state index in [0.29, 0.717) is 29.0 Å². The summed E-state index contributed by atoms with van der Waals surface area (Å²) in [6.07, 6.45) is 6.14. The van der Waals surface area contributed by atoms with E-state index in [4.69, 9.17) is 11.6 Å². The van der Waals surface area contributed by atoms with Gasteiger partial charge >= 0.3 is 0 Å². The number of carbonyl (C=O) groups is 1. The zero-order valence-corrected chi connectivity index (χ0v) is 16.2. The number of carbonyl (C=O) groups excluding carboxylic acids is 1. The van der Waals surface area contributed by atoms with Crippen LogP contribution in [0, 0.1) is 11.8 Å². The molecule has 1 N–H and O–H groups in total. The van der Waals surface area contributed by atoms with E-state index in [2.05, 4.69) is 5.32 Å². The second-order valence-electron chi connectivity index (χ2n) is 7.25. The van der Waals surface area contributed by atoms with E-state index in [-0.39, 0.29) is 11.9 Å². The average molecular weight is 385 g/mol. The maximum absolute atomic E-state index is 12.9. The summed E-state index contributed by atoms with van der Waals surface area (Å²) in [6, 6.07) is 6.03. The summed E-state index contributed by atoms with van der Waals surface area (Å²) in [5.41, 5.74) is 0.421. The van der Waals surface area contributed by atoms with Gasteiger partial charge in [-0.05, 0) is 55.7 Å². The quantitative estimate of drug-likeness (QED) is 0.819. The fourth-order valence-corrected chi connectivity index (χ4v) is 5.76. The molecule has 0 aliphatic heterocycles. The molecule has 25 heavy (non-hydrogen) atoms. The maximum Gasteiger partial charge on any atom is 0.244 e. The first-order valence-corrected chi connectivity index (χ1v) is 11.1. The minimum Gasteiger partial charge on any atom is -0.351 e. The summed E-state index contributed by atoms with van der Waals surface area (Å²) in [4.78, 5) is 12.9. The topological polar surface area (TPSA) is 66.5 Å². The Hall–Kier alpha value is -1.27. The van der Waals surface area contributed by atoms with Crippen molar-refractivity contribution in [2.75, 3.05) is 10.6 Å². The van der Waals surface area contributed by atoms with E-state index in [0.717, 1.165) is 19.1 Å². The van der Waals surface area contributed by atoms with Gasteiger partial charge in [0, 0.05) is 11.1 Å². The second kappa shape index (κ2) is 7.16. The van der Waals surface area contributed by atoms with Gasteiger partial charge in [-0.15, -0.1) is 0 Å². The molecule has 0 unspecified atom stereocenters. The van der Waals surface area contributed by atoms with Crippen LogP contribution in [0.5, 0.6) is 0 Å². The lowest BCUT2D eigenvalue weighted by Gasteiger charge is -2.32. The van der Waals surface area contributed by atoms with Gasteiger partial charge in [-0.25, -0.2) is 8.42 Å². The van der Waals surface area contributed by atoms with Crippen LogP contribution >= 0.6 is 11.6 Å². The average Bonchev–Trinajstić information content (AvgIpc) is 3.13. The van der Waals surface area contributed by atoms with Crippen LogP contribution in [0.1, 0.15) is 39.0 Å². The van der Waals surface area contributed by atoms with Crippen LogP contribution in [0.3, 0.4) is 0 Å². The van der Waals surface area contributed by atoms with Crippen LogP contribution in [0.2, 0.25) is 5.02 Å². The van der Waals surface area contributed by atoms with Crippen molar-refractivity contribution in [2.45, 2.75) is 51.1 Å². The van der Waals surface area contributed by atoms with Gasteiger partial charge in [0.05, 0.1) is 11.9 Å². The van der Waals surface area contributed by atoms with Crippen LogP contribution in [0.25, 0.3) is 0 Å². The highest BCUT2D eigenvalue weighted by atomic mass is 35.5. The minimum atomic E-state index is -3.62. The predicted octanol–water partition coefficient (Wildman–Crippen LogP) is 3.19. The molecule has 3 rings (SSSR count). The first-order chi connectivity index (χ1) is 11.8. The molecular weight excluding hydrogens is 360 g/mol. The van der Waals surface area contributed by atoms with Gasteiger partial charge < -0.3 is 5.32 Å². The molecule has 1 aromatic carbocycles. The Morgan fingerprint density at radius 3 is 2.64 bits per heavy atom. The van der Waals surface area contributed by atoms with Crippen LogP contribution in [-0.2, 0) is 14.8 Å². The number of hydrogen-bond acceptors (Lipinski definition) is 3. The van der Waals surface area contributed by atoms with Crippen LogP contribution in [-0.4, -0.2) is 32.7 Å². The maximum atomic E-state index is 12.9. The zero-order valence-electron chi connectivity index (χ0n) is 14.6. The third-order valence-corrected chi connectivity index (χ3v) is 6.87. The zero-order chi connectivity index (χ0) is 18.2. The largest absolute Gasteiger partial charge is 0.351 e. The third-order valence-electron chi connectivity index (χ3n) is 5.46. The van der Waals surface area contributed by atoms with Crippen molar-refractivity contribution in [3.63, 3.8) is 0 Å². The van der Waals surface area contributed by atoms with Crippen molar-refractivity contribution >= 4 is 33.2 Å². The number of rotatable bonds is 6. The molecule has 2 fully saturated rings. The highest BCUT2D eigenvalue weighted by molar-refractivity contribution is 7.92. The standard InChI is InChI=1S/C18H25ClN2O3S/c1-3-17(18(22)20-16-10-12-7-8-13(16)9-12)21(25(2,23)24)15-6-4-5-14(19)11-15/h4-6,11-13,16-17H,3,7-10H2,1-2H3,(H,20,22)/t12-,13-,16+,17+/m0/s1. The summed E-state index contributed by atoms with van der Waals surface area (Å²) in [6.45, 7) is 1.83. The number of halogens is 1.